The van der Waals surface area contributed by atoms with Crippen LogP contribution < -0.4 is 10.6 Å². The Kier molecular flexibility index (Phi) is 10.4. The standard InChI is InChI=1S/C44H66N2O5/c1-28(2)31-16-22-44(39(51)46-26-19-29-11-10-12-30(27-29)38(50)45-25-9-8-13-36(48)49)24-23-42(6)32(37(31)44)14-15-34-41(5)20-18-35(47)40(3,4)33(41)17-21-43(34,42)7/h10-12,27,31-35,37,47H,1,8-9,13-26H2,2-7H3,(H,45,50)(H,46,51)(H,48,49)/t31-,32?,33?,34?,35-,37?,41-,42+,43+,44-/m0/s1. The predicted molar refractivity (Wildman–Crippen MR) is 202 cm³/mol. The van der Waals surface area contributed by atoms with Crippen molar-refractivity contribution in [2.45, 2.75) is 138 Å². The predicted octanol–water partition coefficient (Wildman–Crippen LogP) is 8.35. The number of hydrogen-bond acceptors (Lipinski definition) is 4. The average molecular weight is 703 g/mol. The number of carboxylic acids is 1. The highest BCUT2D eigenvalue weighted by Crippen LogP contribution is 2.77. The van der Waals surface area contributed by atoms with Crippen molar-refractivity contribution in [2.24, 2.45) is 56.7 Å². The van der Waals surface area contributed by atoms with Crippen molar-refractivity contribution >= 4 is 17.8 Å². The summed E-state index contributed by atoms with van der Waals surface area (Å²) >= 11 is 0. The number of benzene rings is 1. The lowest BCUT2D eigenvalue weighted by Crippen LogP contribution is -2.67. The van der Waals surface area contributed by atoms with Gasteiger partial charge in [0.25, 0.3) is 5.91 Å². The molecule has 2 amide bonds. The summed E-state index contributed by atoms with van der Waals surface area (Å²) in [5, 5.41) is 26.2. The fourth-order valence-corrected chi connectivity index (χ4v) is 13.6. The Labute approximate surface area is 307 Å². The molecule has 10 atom stereocenters. The highest BCUT2D eigenvalue weighted by molar-refractivity contribution is 5.94. The van der Waals surface area contributed by atoms with Crippen LogP contribution in [0, 0.1) is 56.7 Å². The summed E-state index contributed by atoms with van der Waals surface area (Å²) in [4.78, 5) is 38.1. The third-order valence-corrected chi connectivity index (χ3v) is 16.5. The number of hydrogen-bond donors (Lipinski definition) is 4. The van der Waals surface area contributed by atoms with Crippen LogP contribution in [0.15, 0.2) is 36.4 Å². The number of rotatable bonds is 11. The largest absolute Gasteiger partial charge is 0.481 e. The molecular formula is C44H66N2O5. The van der Waals surface area contributed by atoms with Gasteiger partial charge in [0.2, 0.25) is 5.91 Å². The minimum atomic E-state index is -0.818. The van der Waals surface area contributed by atoms with Gasteiger partial charge in [-0.15, -0.1) is 0 Å². The first-order chi connectivity index (χ1) is 24.0. The molecular weight excluding hydrogens is 636 g/mol. The van der Waals surface area contributed by atoms with Crippen molar-refractivity contribution in [1.82, 2.24) is 10.6 Å². The van der Waals surface area contributed by atoms with E-state index in [1.807, 2.05) is 18.2 Å². The van der Waals surface area contributed by atoms with Gasteiger partial charge in [-0.1, -0.05) is 58.9 Å². The van der Waals surface area contributed by atoms with Crippen LogP contribution >= 0.6 is 0 Å². The second-order valence-electron chi connectivity index (χ2n) is 19.0. The molecule has 0 heterocycles. The Morgan fingerprint density at radius 3 is 2.33 bits per heavy atom. The van der Waals surface area contributed by atoms with Crippen molar-refractivity contribution < 1.29 is 24.6 Å². The van der Waals surface area contributed by atoms with Crippen LogP contribution in [0.25, 0.3) is 0 Å². The number of allylic oxidation sites excluding steroid dienone is 1. The second kappa shape index (κ2) is 14.0. The van der Waals surface area contributed by atoms with Crippen LogP contribution in [-0.4, -0.2) is 47.2 Å². The van der Waals surface area contributed by atoms with E-state index in [0.717, 1.165) is 44.1 Å². The Hall–Kier alpha value is -2.67. The number of unbranched alkanes of at least 4 members (excludes halogenated alkanes) is 1. The number of carbonyl (C=O) groups excluding carboxylic acids is 2. The molecule has 5 saturated carbocycles. The topological polar surface area (TPSA) is 116 Å². The van der Waals surface area contributed by atoms with Crippen LogP contribution in [0.4, 0.5) is 0 Å². The van der Waals surface area contributed by atoms with Gasteiger partial charge in [-0.05, 0) is 159 Å². The summed E-state index contributed by atoms with van der Waals surface area (Å²) in [5.74, 6) is 1.60. The fraction of sp³-hybridized carbons (Fsp3) is 0.750. The molecule has 5 fully saturated rings. The number of carbonyl (C=O) groups is 3. The molecule has 1 aromatic carbocycles. The summed E-state index contributed by atoms with van der Waals surface area (Å²) in [6.07, 6.45) is 12.5. The van der Waals surface area contributed by atoms with E-state index in [1.165, 1.54) is 31.3 Å². The van der Waals surface area contributed by atoms with E-state index in [2.05, 4.69) is 58.8 Å². The third kappa shape index (κ3) is 6.29. The third-order valence-electron chi connectivity index (χ3n) is 16.5. The summed E-state index contributed by atoms with van der Waals surface area (Å²) in [5.41, 5.74) is 3.02. The highest BCUT2D eigenvalue weighted by atomic mass is 16.4. The molecule has 0 aromatic heterocycles. The van der Waals surface area contributed by atoms with Crippen LogP contribution in [0.5, 0.6) is 0 Å². The molecule has 0 spiro atoms. The molecule has 5 aliphatic carbocycles. The normalized spacial score (nSPS) is 39.4. The minimum Gasteiger partial charge on any atom is -0.481 e. The van der Waals surface area contributed by atoms with Crippen molar-refractivity contribution in [1.29, 1.82) is 0 Å². The van der Waals surface area contributed by atoms with Crippen LogP contribution in [0.1, 0.15) is 141 Å². The number of nitrogens with one attached hydrogen (secondary N) is 2. The van der Waals surface area contributed by atoms with E-state index in [0.29, 0.717) is 67.5 Å². The van der Waals surface area contributed by atoms with Crippen LogP contribution in [0.2, 0.25) is 0 Å². The first kappa shape index (κ1) is 38.1. The molecule has 0 radical (unpaired) electrons. The minimum absolute atomic E-state index is 0.0549. The van der Waals surface area contributed by atoms with E-state index < -0.39 is 5.97 Å². The van der Waals surface area contributed by atoms with Crippen LogP contribution in [-0.2, 0) is 16.0 Å². The van der Waals surface area contributed by atoms with Crippen LogP contribution in [0.3, 0.4) is 0 Å². The zero-order valence-electron chi connectivity index (χ0n) is 32.4. The van der Waals surface area contributed by atoms with Gasteiger partial charge < -0.3 is 20.8 Å². The van der Waals surface area contributed by atoms with E-state index in [4.69, 9.17) is 5.11 Å². The van der Waals surface area contributed by atoms with E-state index in [9.17, 15) is 19.5 Å². The first-order valence-corrected chi connectivity index (χ1v) is 20.2. The van der Waals surface area contributed by atoms with Gasteiger partial charge in [0.1, 0.15) is 0 Å². The summed E-state index contributed by atoms with van der Waals surface area (Å²) in [7, 11) is 0. The Bertz CT molecular complexity index is 1520. The molecule has 1 aromatic rings. The fourth-order valence-electron chi connectivity index (χ4n) is 13.6. The molecule has 282 valence electrons. The molecule has 5 aliphatic rings. The van der Waals surface area contributed by atoms with Gasteiger partial charge in [-0.3, -0.25) is 14.4 Å². The van der Waals surface area contributed by atoms with Gasteiger partial charge in [-0.25, -0.2) is 0 Å². The molecule has 51 heavy (non-hydrogen) atoms. The summed E-state index contributed by atoms with van der Waals surface area (Å²) < 4.78 is 0. The Morgan fingerprint density at radius 2 is 1.61 bits per heavy atom. The maximum absolute atomic E-state index is 14.6. The number of amides is 2. The van der Waals surface area contributed by atoms with Crippen molar-refractivity contribution in [3.8, 4) is 0 Å². The molecule has 0 saturated heterocycles. The molecule has 0 aliphatic heterocycles. The Morgan fingerprint density at radius 1 is 0.843 bits per heavy atom. The molecule has 0 bridgehead atoms. The van der Waals surface area contributed by atoms with Crippen molar-refractivity contribution in [3.63, 3.8) is 0 Å². The van der Waals surface area contributed by atoms with Gasteiger partial charge >= 0.3 is 5.97 Å². The lowest BCUT2D eigenvalue weighted by molar-refractivity contribution is -0.246. The number of aliphatic hydroxyl groups is 1. The number of aliphatic carboxylic acids is 1. The first-order valence-electron chi connectivity index (χ1n) is 20.2. The number of carboxylic acid groups (broad SMARTS) is 1. The monoisotopic (exact) mass is 702 g/mol. The molecule has 7 heteroatoms. The van der Waals surface area contributed by atoms with Gasteiger partial charge in [0.05, 0.1) is 11.5 Å². The van der Waals surface area contributed by atoms with Gasteiger partial charge in [0, 0.05) is 25.1 Å². The molecule has 4 unspecified atom stereocenters. The maximum Gasteiger partial charge on any atom is 0.303 e. The van der Waals surface area contributed by atoms with Gasteiger partial charge in [-0.2, -0.15) is 0 Å². The quantitative estimate of drug-likeness (QED) is 0.137. The maximum atomic E-state index is 14.6. The SMILES string of the molecule is C=C(C)[C@@H]1CC[C@]2(C(=O)NCCc3cccc(C(=O)NCCCCC(=O)O)c3)CC[C@]3(C)C(CCC4[C@@]5(C)CC[C@H](O)C(C)(C)C5CC[C@]43C)C12. The van der Waals surface area contributed by atoms with E-state index in [1.54, 1.807) is 6.07 Å². The zero-order chi connectivity index (χ0) is 37.0. The number of fused-ring (bicyclic) bond motifs is 7. The average Bonchev–Trinajstić information content (AvgIpc) is 3.48. The molecule has 4 N–H and O–H groups in total. The van der Waals surface area contributed by atoms with E-state index >= 15 is 0 Å². The second-order valence-corrected chi connectivity index (χ2v) is 19.0. The Balaban J connectivity index is 1.15. The smallest absolute Gasteiger partial charge is 0.303 e. The summed E-state index contributed by atoms with van der Waals surface area (Å²) in [6, 6.07) is 7.61. The van der Waals surface area contributed by atoms with Crippen molar-refractivity contribution in [3.05, 3.63) is 47.5 Å². The lowest BCUT2D eigenvalue weighted by Gasteiger charge is -2.72. The molecule has 7 nitrogen and oxygen atoms in total. The highest BCUT2D eigenvalue weighted by Gasteiger charge is 2.71. The van der Waals surface area contributed by atoms with Gasteiger partial charge in [0.15, 0.2) is 0 Å². The zero-order valence-corrected chi connectivity index (χ0v) is 32.4. The number of aliphatic hydroxyl groups excluding tert-OH is 1. The van der Waals surface area contributed by atoms with E-state index in [-0.39, 0.29) is 51.4 Å². The summed E-state index contributed by atoms with van der Waals surface area (Å²) in [6.45, 7) is 20.2. The molecule has 6 rings (SSSR count). The van der Waals surface area contributed by atoms with Crippen molar-refractivity contribution in [2.75, 3.05) is 13.1 Å². The lowest BCUT2D eigenvalue weighted by atomic mass is 9.32.